The SMILES string of the molecule is COc1ccc(C2C3C=CC(C3)C2B2OC(C)(C)C(C)(C)O2)c2c1COC(C)(C)O2. The van der Waals surface area contributed by atoms with Crippen LogP contribution in [0.4, 0.5) is 0 Å². The molecule has 5 nitrogen and oxygen atoms in total. The van der Waals surface area contributed by atoms with Gasteiger partial charge >= 0.3 is 7.12 Å². The molecule has 5 rings (SSSR count). The molecular weight excluding hydrogens is 379 g/mol. The van der Waals surface area contributed by atoms with Crippen LogP contribution in [0.5, 0.6) is 11.5 Å². The van der Waals surface area contributed by atoms with Crippen LogP contribution in [0, 0.1) is 11.8 Å². The normalized spacial score (nSPS) is 34.7. The van der Waals surface area contributed by atoms with Crippen molar-refractivity contribution in [2.45, 2.75) is 83.3 Å². The molecule has 2 fully saturated rings. The minimum atomic E-state index is -0.665. The Morgan fingerprint density at radius 2 is 1.63 bits per heavy atom. The number of ether oxygens (including phenoxy) is 3. The smallest absolute Gasteiger partial charge is 0.462 e. The Labute approximate surface area is 180 Å². The molecule has 1 aromatic rings. The van der Waals surface area contributed by atoms with Crippen molar-refractivity contribution in [1.82, 2.24) is 0 Å². The fraction of sp³-hybridized carbons (Fsp3) is 0.667. The van der Waals surface area contributed by atoms with Gasteiger partial charge in [0.05, 0.1) is 30.5 Å². The molecule has 4 aliphatic rings. The maximum absolute atomic E-state index is 6.54. The molecule has 30 heavy (non-hydrogen) atoms. The van der Waals surface area contributed by atoms with Crippen molar-refractivity contribution in [3.8, 4) is 11.5 Å². The summed E-state index contributed by atoms with van der Waals surface area (Å²) < 4.78 is 31.0. The average molecular weight is 412 g/mol. The predicted octanol–water partition coefficient (Wildman–Crippen LogP) is 5.09. The molecule has 1 saturated heterocycles. The van der Waals surface area contributed by atoms with E-state index in [9.17, 15) is 0 Å². The molecule has 1 aromatic carbocycles. The maximum atomic E-state index is 6.54. The molecule has 2 aliphatic heterocycles. The number of rotatable bonds is 3. The predicted molar refractivity (Wildman–Crippen MR) is 116 cm³/mol. The number of benzene rings is 1. The quantitative estimate of drug-likeness (QED) is 0.511. The van der Waals surface area contributed by atoms with Gasteiger partial charge in [0, 0.05) is 19.7 Å². The van der Waals surface area contributed by atoms with Crippen molar-refractivity contribution < 1.29 is 23.5 Å². The second-order valence-corrected chi connectivity index (χ2v) is 10.6. The van der Waals surface area contributed by atoms with E-state index in [-0.39, 0.29) is 30.1 Å². The van der Waals surface area contributed by atoms with Crippen molar-refractivity contribution >= 4 is 7.12 Å². The van der Waals surface area contributed by atoms with Crippen molar-refractivity contribution in [1.29, 1.82) is 0 Å². The lowest BCUT2D eigenvalue weighted by Gasteiger charge is -2.37. The van der Waals surface area contributed by atoms with Gasteiger partial charge in [-0.2, -0.15) is 0 Å². The number of allylic oxidation sites excluding steroid dienone is 2. The van der Waals surface area contributed by atoms with Gasteiger partial charge in [-0.15, -0.1) is 0 Å². The van der Waals surface area contributed by atoms with E-state index in [0.717, 1.165) is 23.5 Å². The minimum Gasteiger partial charge on any atom is -0.496 e. The van der Waals surface area contributed by atoms with E-state index in [2.05, 4.69) is 52.0 Å². The molecule has 4 unspecified atom stereocenters. The fourth-order valence-electron chi connectivity index (χ4n) is 5.58. The molecule has 2 heterocycles. The van der Waals surface area contributed by atoms with Gasteiger partial charge in [0.2, 0.25) is 5.79 Å². The zero-order chi connectivity index (χ0) is 21.5. The topological polar surface area (TPSA) is 46.2 Å². The first-order valence-corrected chi connectivity index (χ1v) is 11.1. The van der Waals surface area contributed by atoms with Crippen molar-refractivity contribution in [2.24, 2.45) is 11.8 Å². The third-order valence-electron chi connectivity index (χ3n) is 7.84. The lowest BCUT2D eigenvalue weighted by atomic mass is 9.58. The molecule has 0 amide bonds. The van der Waals surface area contributed by atoms with Gasteiger partial charge in [0.15, 0.2) is 0 Å². The summed E-state index contributed by atoms with van der Waals surface area (Å²) >= 11 is 0. The highest BCUT2D eigenvalue weighted by Gasteiger charge is 2.60. The van der Waals surface area contributed by atoms with Crippen molar-refractivity contribution in [2.75, 3.05) is 7.11 Å². The first-order valence-electron chi connectivity index (χ1n) is 11.1. The first kappa shape index (κ1) is 20.4. The highest BCUT2D eigenvalue weighted by Crippen LogP contribution is 2.62. The number of hydrogen-bond acceptors (Lipinski definition) is 5. The molecule has 2 aliphatic carbocycles. The van der Waals surface area contributed by atoms with E-state index >= 15 is 0 Å². The van der Waals surface area contributed by atoms with Gasteiger partial charge in [-0.1, -0.05) is 18.2 Å². The Bertz CT molecular complexity index is 874. The number of hydrogen-bond donors (Lipinski definition) is 0. The molecule has 6 heteroatoms. The Hall–Kier alpha value is -1.50. The maximum Gasteiger partial charge on any atom is 0.462 e. The lowest BCUT2D eigenvalue weighted by molar-refractivity contribution is -0.181. The van der Waals surface area contributed by atoms with Gasteiger partial charge in [0.25, 0.3) is 0 Å². The van der Waals surface area contributed by atoms with Crippen LogP contribution in [-0.4, -0.2) is 31.2 Å². The molecule has 4 atom stereocenters. The summed E-state index contributed by atoms with van der Waals surface area (Å²) in [5, 5.41) is 0. The zero-order valence-corrected chi connectivity index (χ0v) is 19.2. The average Bonchev–Trinajstić information content (AvgIpc) is 3.31. The molecule has 162 valence electrons. The van der Waals surface area contributed by atoms with Gasteiger partial charge < -0.3 is 23.5 Å². The standard InChI is InChI=1S/C24H33BO5/c1-22(2)23(3,4)30-25(29-22)20-15-9-8-14(12-15)19(20)16-10-11-18(26-7)17-13-27-24(5,6)28-21(16)17/h8-11,14-15,19-20H,12-13H2,1-7H3. The fourth-order valence-corrected chi connectivity index (χ4v) is 5.58. The van der Waals surface area contributed by atoms with Gasteiger partial charge in [0.1, 0.15) is 11.5 Å². The summed E-state index contributed by atoms with van der Waals surface area (Å²) in [5.41, 5.74) is 1.55. The Morgan fingerprint density at radius 3 is 2.30 bits per heavy atom. The summed E-state index contributed by atoms with van der Waals surface area (Å²) in [7, 11) is 1.47. The van der Waals surface area contributed by atoms with Crippen LogP contribution in [0.2, 0.25) is 5.82 Å². The van der Waals surface area contributed by atoms with Crippen LogP contribution in [0.15, 0.2) is 24.3 Å². The third kappa shape index (κ3) is 2.95. The van der Waals surface area contributed by atoms with Crippen LogP contribution in [0.3, 0.4) is 0 Å². The molecule has 0 radical (unpaired) electrons. The van der Waals surface area contributed by atoms with Crippen LogP contribution in [0.25, 0.3) is 0 Å². The summed E-state index contributed by atoms with van der Waals surface area (Å²) in [4.78, 5) is 0. The summed E-state index contributed by atoms with van der Waals surface area (Å²) in [6, 6.07) is 4.23. The Morgan fingerprint density at radius 1 is 0.967 bits per heavy atom. The van der Waals surface area contributed by atoms with Crippen molar-refractivity contribution in [3.63, 3.8) is 0 Å². The van der Waals surface area contributed by atoms with Crippen LogP contribution in [-0.2, 0) is 20.7 Å². The minimum absolute atomic E-state index is 0.231. The second kappa shape index (κ2) is 6.50. The summed E-state index contributed by atoms with van der Waals surface area (Å²) in [6.07, 6.45) is 5.87. The Balaban J connectivity index is 1.58. The molecule has 0 N–H and O–H groups in total. The van der Waals surface area contributed by atoms with E-state index in [1.807, 2.05) is 13.8 Å². The number of fused-ring (bicyclic) bond motifs is 3. The zero-order valence-electron chi connectivity index (χ0n) is 19.2. The third-order valence-corrected chi connectivity index (χ3v) is 7.84. The van der Waals surface area contributed by atoms with E-state index in [1.165, 1.54) is 5.56 Å². The van der Waals surface area contributed by atoms with Gasteiger partial charge in [-0.05, 0) is 63.5 Å². The first-order chi connectivity index (χ1) is 14.0. The monoisotopic (exact) mass is 412 g/mol. The van der Waals surface area contributed by atoms with Crippen LogP contribution < -0.4 is 9.47 Å². The summed E-state index contributed by atoms with van der Waals surface area (Å²) in [5.74, 6) is 2.53. The molecule has 0 aromatic heterocycles. The van der Waals surface area contributed by atoms with Gasteiger partial charge in [-0.3, -0.25) is 0 Å². The van der Waals surface area contributed by atoms with Crippen LogP contribution in [0.1, 0.15) is 65.0 Å². The summed E-state index contributed by atoms with van der Waals surface area (Å²) in [6.45, 7) is 12.9. The molecule has 2 bridgehead atoms. The largest absolute Gasteiger partial charge is 0.496 e. The highest BCUT2D eigenvalue weighted by molar-refractivity contribution is 6.48. The molecule has 0 spiro atoms. The van der Waals surface area contributed by atoms with E-state index in [1.54, 1.807) is 7.11 Å². The molecule has 1 saturated carbocycles. The lowest BCUT2D eigenvalue weighted by Crippen LogP contribution is -2.41. The van der Waals surface area contributed by atoms with E-state index in [0.29, 0.717) is 18.4 Å². The molecular formula is C24H33BO5. The second-order valence-electron chi connectivity index (χ2n) is 10.6. The van der Waals surface area contributed by atoms with Gasteiger partial charge in [-0.25, -0.2) is 0 Å². The van der Waals surface area contributed by atoms with Crippen molar-refractivity contribution in [3.05, 3.63) is 35.4 Å². The Kier molecular flexibility index (Phi) is 4.43. The van der Waals surface area contributed by atoms with Crippen LogP contribution >= 0.6 is 0 Å². The van der Waals surface area contributed by atoms with E-state index in [4.69, 9.17) is 23.5 Å². The van der Waals surface area contributed by atoms with E-state index < -0.39 is 5.79 Å². The number of methoxy groups -OCH3 is 1. The highest BCUT2D eigenvalue weighted by atomic mass is 16.7.